The van der Waals surface area contributed by atoms with E-state index in [2.05, 4.69) is 22.6 Å². The normalized spacial score (nSPS) is 10.2. The van der Waals surface area contributed by atoms with Gasteiger partial charge in [0.1, 0.15) is 18.2 Å². The van der Waals surface area contributed by atoms with E-state index in [0.717, 1.165) is 9.64 Å². The standard InChI is InChI=1S/C14H10FIO3/c15-11-6-9(5-10(7-11)14(17)18)8-19-13-3-1-12(16)2-4-13/h1-7H,8H2,(H,17,18). The van der Waals surface area contributed by atoms with Gasteiger partial charge in [-0.1, -0.05) is 0 Å². The average molecular weight is 372 g/mol. The summed E-state index contributed by atoms with van der Waals surface area (Å²) in [5, 5.41) is 8.84. The first kappa shape index (κ1) is 13.8. The van der Waals surface area contributed by atoms with Gasteiger partial charge in [0, 0.05) is 3.57 Å². The molecule has 0 saturated heterocycles. The zero-order chi connectivity index (χ0) is 13.8. The first-order valence-electron chi connectivity index (χ1n) is 5.46. The van der Waals surface area contributed by atoms with E-state index in [4.69, 9.17) is 9.84 Å². The molecular formula is C14H10FIO3. The fraction of sp³-hybridized carbons (Fsp3) is 0.0714. The van der Waals surface area contributed by atoms with Crippen molar-refractivity contribution in [2.24, 2.45) is 0 Å². The predicted molar refractivity (Wildman–Crippen MR) is 76.9 cm³/mol. The molecule has 0 aliphatic rings. The summed E-state index contributed by atoms with van der Waals surface area (Å²) < 4.78 is 19.8. The Balaban J connectivity index is 2.11. The summed E-state index contributed by atoms with van der Waals surface area (Å²) >= 11 is 2.18. The van der Waals surface area contributed by atoms with E-state index in [1.165, 1.54) is 12.1 Å². The number of carbonyl (C=O) groups is 1. The molecule has 0 fully saturated rings. The SMILES string of the molecule is O=C(O)c1cc(F)cc(COc2ccc(I)cc2)c1. The molecule has 0 radical (unpaired) electrons. The van der Waals surface area contributed by atoms with Crippen LogP contribution in [0.15, 0.2) is 42.5 Å². The number of rotatable bonds is 4. The topological polar surface area (TPSA) is 46.5 Å². The molecule has 0 aromatic heterocycles. The van der Waals surface area contributed by atoms with E-state index in [9.17, 15) is 9.18 Å². The van der Waals surface area contributed by atoms with Gasteiger partial charge in [0.25, 0.3) is 0 Å². The Bertz CT molecular complexity index is 596. The van der Waals surface area contributed by atoms with Gasteiger partial charge >= 0.3 is 5.97 Å². The lowest BCUT2D eigenvalue weighted by atomic mass is 10.1. The second-order valence-corrected chi connectivity index (χ2v) is 5.14. The lowest BCUT2D eigenvalue weighted by Gasteiger charge is -2.07. The van der Waals surface area contributed by atoms with Crippen molar-refractivity contribution in [1.82, 2.24) is 0 Å². The number of halogens is 2. The van der Waals surface area contributed by atoms with Crippen LogP contribution in [-0.4, -0.2) is 11.1 Å². The molecule has 98 valence electrons. The van der Waals surface area contributed by atoms with Crippen LogP contribution in [0.3, 0.4) is 0 Å². The largest absolute Gasteiger partial charge is 0.489 e. The predicted octanol–water partition coefficient (Wildman–Crippen LogP) is 3.71. The molecule has 2 aromatic rings. The van der Waals surface area contributed by atoms with Gasteiger partial charge in [-0.2, -0.15) is 0 Å². The third-order valence-corrected chi connectivity index (χ3v) is 3.14. The van der Waals surface area contributed by atoms with E-state index >= 15 is 0 Å². The number of hydrogen-bond donors (Lipinski definition) is 1. The molecule has 0 bridgehead atoms. The van der Waals surface area contributed by atoms with Crippen molar-refractivity contribution in [2.45, 2.75) is 6.61 Å². The quantitative estimate of drug-likeness (QED) is 0.833. The third kappa shape index (κ3) is 3.92. The van der Waals surface area contributed by atoms with E-state index in [-0.39, 0.29) is 12.2 Å². The molecular weight excluding hydrogens is 362 g/mol. The Morgan fingerprint density at radius 3 is 2.53 bits per heavy atom. The molecule has 2 rings (SSSR count). The monoisotopic (exact) mass is 372 g/mol. The molecule has 0 atom stereocenters. The molecule has 0 aliphatic carbocycles. The van der Waals surface area contributed by atoms with Crippen molar-refractivity contribution >= 4 is 28.6 Å². The van der Waals surface area contributed by atoms with Crippen molar-refractivity contribution in [2.75, 3.05) is 0 Å². The van der Waals surface area contributed by atoms with Crippen molar-refractivity contribution < 1.29 is 19.0 Å². The lowest BCUT2D eigenvalue weighted by Crippen LogP contribution is -2.02. The Hall–Kier alpha value is -1.63. The molecule has 3 nitrogen and oxygen atoms in total. The lowest BCUT2D eigenvalue weighted by molar-refractivity contribution is 0.0696. The van der Waals surface area contributed by atoms with Gasteiger partial charge in [-0.05, 0) is 70.6 Å². The van der Waals surface area contributed by atoms with Crippen molar-refractivity contribution in [3.8, 4) is 5.75 Å². The molecule has 1 N–H and O–H groups in total. The summed E-state index contributed by atoms with van der Waals surface area (Å²) in [7, 11) is 0. The van der Waals surface area contributed by atoms with Gasteiger partial charge in [0.2, 0.25) is 0 Å². The fourth-order valence-electron chi connectivity index (χ4n) is 1.55. The van der Waals surface area contributed by atoms with Crippen LogP contribution in [0.2, 0.25) is 0 Å². The molecule has 5 heteroatoms. The minimum atomic E-state index is -1.16. The van der Waals surface area contributed by atoms with E-state index in [1.807, 2.05) is 12.1 Å². The smallest absolute Gasteiger partial charge is 0.335 e. The average Bonchev–Trinajstić information content (AvgIpc) is 2.37. The summed E-state index contributed by atoms with van der Waals surface area (Å²) in [5.74, 6) is -1.09. The van der Waals surface area contributed by atoms with Gasteiger partial charge in [0.05, 0.1) is 5.56 Å². The highest BCUT2D eigenvalue weighted by Crippen LogP contribution is 2.16. The van der Waals surface area contributed by atoms with Crippen LogP contribution < -0.4 is 4.74 Å². The Labute approximate surface area is 123 Å². The zero-order valence-corrected chi connectivity index (χ0v) is 11.9. The fourth-order valence-corrected chi connectivity index (χ4v) is 1.91. The van der Waals surface area contributed by atoms with Crippen LogP contribution in [0, 0.1) is 9.39 Å². The Morgan fingerprint density at radius 2 is 1.89 bits per heavy atom. The highest BCUT2D eigenvalue weighted by molar-refractivity contribution is 14.1. The van der Waals surface area contributed by atoms with Crippen molar-refractivity contribution in [3.63, 3.8) is 0 Å². The van der Waals surface area contributed by atoms with Gasteiger partial charge in [-0.15, -0.1) is 0 Å². The maximum atomic E-state index is 13.2. The minimum Gasteiger partial charge on any atom is -0.489 e. The van der Waals surface area contributed by atoms with Crippen LogP contribution in [0.4, 0.5) is 4.39 Å². The maximum Gasteiger partial charge on any atom is 0.335 e. The minimum absolute atomic E-state index is 0.0822. The number of ether oxygens (including phenoxy) is 1. The summed E-state index contributed by atoms with van der Waals surface area (Å²) in [6, 6.07) is 11.0. The number of aromatic carboxylic acids is 1. The van der Waals surface area contributed by atoms with Gasteiger partial charge in [-0.25, -0.2) is 9.18 Å². The van der Waals surface area contributed by atoms with Crippen LogP contribution in [0.1, 0.15) is 15.9 Å². The van der Waals surface area contributed by atoms with Crippen LogP contribution in [0.25, 0.3) is 0 Å². The molecule has 0 spiro atoms. The highest BCUT2D eigenvalue weighted by atomic mass is 127. The van der Waals surface area contributed by atoms with Crippen LogP contribution >= 0.6 is 22.6 Å². The highest BCUT2D eigenvalue weighted by Gasteiger charge is 2.07. The van der Waals surface area contributed by atoms with E-state index in [1.54, 1.807) is 12.1 Å². The molecule has 2 aromatic carbocycles. The van der Waals surface area contributed by atoms with Gasteiger partial charge < -0.3 is 9.84 Å². The molecule has 0 aliphatic heterocycles. The van der Waals surface area contributed by atoms with Crippen LogP contribution in [-0.2, 0) is 6.61 Å². The Kier molecular flexibility index (Phi) is 4.36. The number of hydrogen-bond acceptors (Lipinski definition) is 2. The molecule has 0 heterocycles. The summed E-state index contributed by atoms with van der Waals surface area (Å²) in [6.45, 7) is 0.124. The second kappa shape index (κ2) is 6.01. The summed E-state index contributed by atoms with van der Waals surface area (Å²) in [6.07, 6.45) is 0. The first-order valence-corrected chi connectivity index (χ1v) is 6.53. The number of benzene rings is 2. The Morgan fingerprint density at radius 1 is 1.21 bits per heavy atom. The second-order valence-electron chi connectivity index (χ2n) is 3.90. The summed E-state index contributed by atoms with van der Waals surface area (Å²) in [4.78, 5) is 10.8. The molecule has 19 heavy (non-hydrogen) atoms. The van der Waals surface area contributed by atoms with Crippen LogP contribution in [0.5, 0.6) is 5.75 Å². The number of carboxylic acids is 1. The number of carboxylic acid groups (broad SMARTS) is 1. The van der Waals surface area contributed by atoms with E-state index in [0.29, 0.717) is 11.3 Å². The molecule has 0 unspecified atom stereocenters. The maximum absolute atomic E-state index is 13.2. The van der Waals surface area contributed by atoms with E-state index < -0.39 is 11.8 Å². The van der Waals surface area contributed by atoms with Gasteiger partial charge in [-0.3, -0.25) is 0 Å². The van der Waals surface area contributed by atoms with Crippen molar-refractivity contribution in [3.05, 3.63) is 63.0 Å². The first-order chi connectivity index (χ1) is 9.04. The van der Waals surface area contributed by atoms with Crippen molar-refractivity contribution in [1.29, 1.82) is 0 Å². The molecule has 0 amide bonds. The molecule has 0 saturated carbocycles. The summed E-state index contributed by atoms with van der Waals surface area (Å²) in [5.41, 5.74) is 0.400. The third-order valence-electron chi connectivity index (χ3n) is 2.42. The van der Waals surface area contributed by atoms with Gasteiger partial charge in [0.15, 0.2) is 0 Å². The zero-order valence-electron chi connectivity index (χ0n) is 9.77.